The van der Waals surface area contributed by atoms with Crippen molar-refractivity contribution in [2.75, 3.05) is 11.1 Å². The maximum absolute atomic E-state index is 13.0. The predicted molar refractivity (Wildman–Crippen MR) is 72.5 cm³/mol. The van der Waals surface area contributed by atoms with Crippen molar-refractivity contribution in [1.82, 2.24) is 0 Å². The fraction of sp³-hybridized carbons (Fsp3) is 0. The van der Waals surface area contributed by atoms with Gasteiger partial charge in [-0.3, -0.25) is 0 Å². The van der Waals surface area contributed by atoms with Gasteiger partial charge < -0.3 is 16.2 Å². The van der Waals surface area contributed by atoms with Crippen LogP contribution in [0.15, 0.2) is 36.4 Å². The molecule has 0 spiro atoms. The highest BCUT2D eigenvalue weighted by Crippen LogP contribution is 2.26. The van der Waals surface area contributed by atoms with Gasteiger partial charge in [0.1, 0.15) is 5.82 Å². The van der Waals surface area contributed by atoms with Crippen LogP contribution >= 0.6 is 11.6 Å². The van der Waals surface area contributed by atoms with Gasteiger partial charge in [-0.15, -0.1) is 0 Å². The van der Waals surface area contributed by atoms with Gasteiger partial charge in [-0.05, 0) is 36.4 Å². The van der Waals surface area contributed by atoms with Crippen molar-refractivity contribution in [3.63, 3.8) is 0 Å². The number of nitrogens with one attached hydrogen (secondary N) is 1. The molecule has 2 aromatic carbocycles. The molecule has 0 atom stereocenters. The minimum Gasteiger partial charge on any atom is -0.478 e. The predicted octanol–water partition coefficient (Wildman–Crippen LogP) is 3.50. The normalized spacial score (nSPS) is 10.2. The molecule has 0 saturated carbocycles. The molecule has 0 aromatic heterocycles. The largest absolute Gasteiger partial charge is 0.478 e. The molecule has 0 bridgehead atoms. The summed E-state index contributed by atoms with van der Waals surface area (Å²) < 4.78 is 13.0. The van der Waals surface area contributed by atoms with Gasteiger partial charge in [0.15, 0.2) is 0 Å². The highest BCUT2D eigenvalue weighted by atomic mass is 35.5. The van der Waals surface area contributed by atoms with Crippen molar-refractivity contribution in [2.24, 2.45) is 0 Å². The summed E-state index contributed by atoms with van der Waals surface area (Å²) in [5.74, 6) is -1.57. The minimum absolute atomic E-state index is 0.00859. The number of hydrogen-bond donors (Lipinski definition) is 3. The first-order chi connectivity index (χ1) is 8.97. The van der Waals surface area contributed by atoms with Crippen molar-refractivity contribution in [3.8, 4) is 0 Å². The third-order valence-corrected chi connectivity index (χ3v) is 2.79. The monoisotopic (exact) mass is 280 g/mol. The lowest BCUT2D eigenvalue weighted by molar-refractivity contribution is 0.0697. The summed E-state index contributed by atoms with van der Waals surface area (Å²) in [6.07, 6.45) is 0. The van der Waals surface area contributed by atoms with Crippen LogP contribution in [-0.2, 0) is 0 Å². The lowest BCUT2D eigenvalue weighted by Crippen LogP contribution is -2.01. The number of nitrogen functional groups attached to an aromatic ring is 1. The van der Waals surface area contributed by atoms with E-state index in [4.69, 9.17) is 22.4 Å². The Balaban J connectivity index is 2.28. The Morgan fingerprint density at radius 1 is 1.26 bits per heavy atom. The first kappa shape index (κ1) is 13.2. The van der Waals surface area contributed by atoms with Crippen molar-refractivity contribution in [3.05, 3.63) is 52.8 Å². The fourth-order valence-corrected chi connectivity index (χ4v) is 1.72. The standard InChI is InChI=1S/C13H10ClFN2O2/c14-9-6-8(2-3-10(9)15)17-12-4-1-7(13(18)19)5-11(12)16/h1-6,17H,16H2,(H,18,19). The van der Waals surface area contributed by atoms with E-state index in [9.17, 15) is 9.18 Å². The maximum atomic E-state index is 13.0. The van der Waals surface area contributed by atoms with Crippen LogP contribution in [0.5, 0.6) is 0 Å². The number of benzene rings is 2. The van der Waals surface area contributed by atoms with E-state index in [1.165, 1.54) is 36.4 Å². The third-order valence-electron chi connectivity index (χ3n) is 2.50. The number of halogens is 2. The molecule has 0 aliphatic heterocycles. The lowest BCUT2D eigenvalue weighted by Gasteiger charge is -2.10. The molecule has 0 aliphatic rings. The van der Waals surface area contributed by atoms with E-state index in [1.54, 1.807) is 0 Å². The van der Waals surface area contributed by atoms with Crippen LogP contribution in [0.1, 0.15) is 10.4 Å². The molecule has 2 aromatic rings. The highest BCUT2D eigenvalue weighted by Gasteiger charge is 2.07. The molecule has 19 heavy (non-hydrogen) atoms. The summed E-state index contributed by atoms with van der Waals surface area (Å²) in [7, 11) is 0. The Labute approximate surface area is 113 Å². The molecule has 4 N–H and O–H groups in total. The Bertz CT molecular complexity index is 647. The van der Waals surface area contributed by atoms with Gasteiger partial charge in [-0.25, -0.2) is 9.18 Å². The zero-order valence-corrected chi connectivity index (χ0v) is 10.4. The molecule has 6 heteroatoms. The number of anilines is 3. The second-order valence-corrected chi connectivity index (χ2v) is 4.27. The van der Waals surface area contributed by atoms with E-state index in [0.29, 0.717) is 11.4 Å². The Kier molecular flexibility index (Phi) is 3.57. The minimum atomic E-state index is -1.05. The molecular weight excluding hydrogens is 271 g/mol. The molecule has 4 nitrogen and oxygen atoms in total. The molecule has 0 amide bonds. The summed E-state index contributed by atoms with van der Waals surface area (Å²) in [6, 6.07) is 8.46. The summed E-state index contributed by atoms with van der Waals surface area (Å²) in [5, 5.41) is 11.8. The van der Waals surface area contributed by atoms with E-state index in [-0.39, 0.29) is 16.3 Å². The van der Waals surface area contributed by atoms with Crippen LogP contribution in [0.25, 0.3) is 0 Å². The Morgan fingerprint density at radius 2 is 2.00 bits per heavy atom. The average Bonchev–Trinajstić information content (AvgIpc) is 2.36. The van der Waals surface area contributed by atoms with Gasteiger partial charge in [-0.1, -0.05) is 11.6 Å². The molecule has 2 rings (SSSR count). The van der Waals surface area contributed by atoms with Crippen molar-refractivity contribution < 1.29 is 14.3 Å². The SMILES string of the molecule is Nc1cc(C(=O)O)ccc1Nc1ccc(F)c(Cl)c1. The summed E-state index contributed by atoms with van der Waals surface area (Å²) in [5.41, 5.74) is 7.20. The fourth-order valence-electron chi connectivity index (χ4n) is 1.54. The van der Waals surface area contributed by atoms with Gasteiger partial charge in [-0.2, -0.15) is 0 Å². The van der Waals surface area contributed by atoms with Gasteiger partial charge in [0, 0.05) is 5.69 Å². The summed E-state index contributed by atoms with van der Waals surface area (Å²) in [4.78, 5) is 10.8. The number of carbonyl (C=O) groups is 1. The second-order valence-electron chi connectivity index (χ2n) is 3.86. The van der Waals surface area contributed by atoms with Crippen LogP contribution in [-0.4, -0.2) is 11.1 Å². The Morgan fingerprint density at radius 3 is 2.58 bits per heavy atom. The third kappa shape index (κ3) is 2.95. The summed E-state index contributed by atoms with van der Waals surface area (Å²) >= 11 is 5.66. The van der Waals surface area contributed by atoms with Crippen LogP contribution in [0, 0.1) is 5.82 Å². The van der Waals surface area contributed by atoms with E-state index < -0.39 is 11.8 Å². The smallest absolute Gasteiger partial charge is 0.335 e. The van der Waals surface area contributed by atoms with Gasteiger partial charge in [0.2, 0.25) is 0 Å². The maximum Gasteiger partial charge on any atom is 0.335 e. The van der Waals surface area contributed by atoms with Crippen LogP contribution in [0.3, 0.4) is 0 Å². The van der Waals surface area contributed by atoms with Crippen molar-refractivity contribution >= 4 is 34.6 Å². The molecule has 0 unspecified atom stereocenters. The quantitative estimate of drug-likeness (QED) is 0.752. The molecular formula is C13H10ClFN2O2. The molecule has 0 fully saturated rings. The van der Waals surface area contributed by atoms with Crippen molar-refractivity contribution in [1.29, 1.82) is 0 Å². The van der Waals surface area contributed by atoms with Crippen LogP contribution < -0.4 is 11.1 Å². The van der Waals surface area contributed by atoms with E-state index in [1.807, 2.05) is 0 Å². The number of carboxylic acids is 1. The second kappa shape index (κ2) is 5.16. The average molecular weight is 281 g/mol. The first-order valence-electron chi connectivity index (χ1n) is 5.32. The highest BCUT2D eigenvalue weighted by molar-refractivity contribution is 6.31. The van der Waals surface area contributed by atoms with Gasteiger partial charge >= 0.3 is 5.97 Å². The van der Waals surface area contributed by atoms with Gasteiger partial charge in [0.25, 0.3) is 0 Å². The number of aromatic carboxylic acids is 1. The molecule has 0 radical (unpaired) electrons. The van der Waals surface area contributed by atoms with Crippen molar-refractivity contribution in [2.45, 2.75) is 0 Å². The zero-order valence-electron chi connectivity index (χ0n) is 9.65. The number of nitrogens with two attached hydrogens (primary N) is 1. The Hall–Kier alpha value is -2.27. The molecule has 98 valence electrons. The van der Waals surface area contributed by atoms with E-state index in [2.05, 4.69) is 5.32 Å². The molecule has 0 saturated heterocycles. The molecule has 0 aliphatic carbocycles. The van der Waals surface area contributed by atoms with Crippen LogP contribution in [0.2, 0.25) is 5.02 Å². The number of hydrogen-bond acceptors (Lipinski definition) is 3. The molecule has 0 heterocycles. The van der Waals surface area contributed by atoms with E-state index in [0.717, 1.165) is 0 Å². The first-order valence-corrected chi connectivity index (χ1v) is 5.70. The lowest BCUT2D eigenvalue weighted by atomic mass is 10.1. The zero-order chi connectivity index (χ0) is 14.0. The van der Waals surface area contributed by atoms with Gasteiger partial charge in [0.05, 0.1) is 22.0 Å². The summed E-state index contributed by atoms with van der Waals surface area (Å²) in [6.45, 7) is 0. The van der Waals surface area contributed by atoms with Crippen LogP contribution in [0.4, 0.5) is 21.5 Å². The number of carboxylic acid groups (broad SMARTS) is 1. The topological polar surface area (TPSA) is 75.4 Å². The number of rotatable bonds is 3. The van der Waals surface area contributed by atoms with E-state index >= 15 is 0 Å².